The Morgan fingerprint density at radius 3 is 2.72 bits per heavy atom. The van der Waals surface area contributed by atoms with Crippen LogP contribution in [0.15, 0.2) is 28.8 Å². The fourth-order valence-electron chi connectivity index (χ4n) is 2.55. The zero-order chi connectivity index (χ0) is 18.0. The van der Waals surface area contributed by atoms with Crippen LogP contribution in [0.3, 0.4) is 0 Å². The van der Waals surface area contributed by atoms with E-state index in [2.05, 4.69) is 5.16 Å². The summed E-state index contributed by atoms with van der Waals surface area (Å²) in [5, 5.41) is 13.5. The Morgan fingerprint density at radius 1 is 1.36 bits per heavy atom. The summed E-state index contributed by atoms with van der Waals surface area (Å²) in [4.78, 5) is 24.8. The van der Waals surface area contributed by atoms with Gasteiger partial charge in [0.15, 0.2) is 17.2 Å². The fraction of sp³-hybridized carbons (Fsp3) is 0.312. The maximum atomic E-state index is 12.3. The molecule has 1 fully saturated rings. The van der Waals surface area contributed by atoms with Gasteiger partial charge in [0.2, 0.25) is 0 Å². The molecule has 132 valence electrons. The number of carbonyl (C=O) groups is 2. The predicted molar refractivity (Wildman–Crippen MR) is 88.9 cm³/mol. The maximum Gasteiger partial charge on any atom is 0.308 e. The van der Waals surface area contributed by atoms with Gasteiger partial charge in [-0.25, -0.2) is 0 Å². The molecule has 1 aliphatic heterocycles. The fourth-order valence-corrected chi connectivity index (χ4v) is 3.06. The van der Waals surface area contributed by atoms with E-state index in [1.54, 1.807) is 18.2 Å². The van der Waals surface area contributed by atoms with Crippen LogP contribution < -0.4 is 4.74 Å². The van der Waals surface area contributed by atoms with E-state index < -0.39 is 11.9 Å². The predicted octanol–water partition coefficient (Wildman–Crippen LogP) is 3.11. The number of amides is 1. The highest BCUT2D eigenvalue weighted by Crippen LogP contribution is 2.33. The molecular formula is C16H14Cl2N2O5. The van der Waals surface area contributed by atoms with Gasteiger partial charge in [0, 0.05) is 19.2 Å². The average molecular weight is 385 g/mol. The van der Waals surface area contributed by atoms with E-state index in [4.69, 9.17) is 37.6 Å². The molecule has 0 unspecified atom stereocenters. The quantitative estimate of drug-likeness (QED) is 0.850. The molecule has 1 aromatic carbocycles. The first-order valence-corrected chi connectivity index (χ1v) is 8.26. The highest BCUT2D eigenvalue weighted by molar-refractivity contribution is 6.37. The summed E-state index contributed by atoms with van der Waals surface area (Å²) in [5.74, 6) is -1.16. The van der Waals surface area contributed by atoms with E-state index in [1.165, 1.54) is 11.0 Å². The van der Waals surface area contributed by atoms with Crippen molar-refractivity contribution in [1.82, 2.24) is 10.1 Å². The molecular weight excluding hydrogens is 371 g/mol. The van der Waals surface area contributed by atoms with Gasteiger partial charge in [-0.05, 0) is 18.6 Å². The van der Waals surface area contributed by atoms with Crippen LogP contribution in [0, 0.1) is 5.92 Å². The molecule has 1 N–H and O–H groups in total. The van der Waals surface area contributed by atoms with E-state index in [9.17, 15) is 9.59 Å². The smallest absolute Gasteiger partial charge is 0.308 e. The minimum Gasteiger partial charge on any atom is -0.482 e. The second-order valence-electron chi connectivity index (χ2n) is 5.59. The molecule has 1 atom stereocenters. The number of likely N-dealkylation sites (tertiary alicyclic amines) is 1. The van der Waals surface area contributed by atoms with Crippen molar-refractivity contribution in [3.8, 4) is 5.75 Å². The van der Waals surface area contributed by atoms with Crippen molar-refractivity contribution in [1.29, 1.82) is 0 Å². The number of hydrogen-bond acceptors (Lipinski definition) is 5. The van der Waals surface area contributed by atoms with Crippen molar-refractivity contribution < 1.29 is 24.0 Å². The number of nitrogens with zero attached hydrogens (tertiary/aromatic N) is 2. The van der Waals surface area contributed by atoms with Gasteiger partial charge >= 0.3 is 5.97 Å². The van der Waals surface area contributed by atoms with Crippen molar-refractivity contribution in [2.75, 3.05) is 13.1 Å². The van der Waals surface area contributed by atoms with Crippen molar-refractivity contribution in [2.24, 2.45) is 5.92 Å². The van der Waals surface area contributed by atoms with Crippen molar-refractivity contribution >= 4 is 35.1 Å². The van der Waals surface area contributed by atoms with Crippen molar-refractivity contribution in [3.05, 3.63) is 45.8 Å². The van der Waals surface area contributed by atoms with Gasteiger partial charge in [0.1, 0.15) is 6.61 Å². The van der Waals surface area contributed by atoms with Gasteiger partial charge in [-0.2, -0.15) is 0 Å². The number of carboxylic acids is 1. The molecule has 0 spiro atoms. The summed E-state index contributed by atoms with van der Waals surface area (Å²) in [6.45, 7) is 0.549. The summed E-state index contributed by atoms with van der Waals surface area (Å²) in [5.41, 5.74) is 0.106. The largest absolute Gasteiger partial charge is 0.482 e. The number of rotatable bonds is 5. The number of para-hydroxylation sites is 1. The lowest BCUT2D eigenvalue weighted by Gasteiger charge is -2.13. The Kier molecular flexibility index (Phi) is 5.15. The standard InChI is InChI=1S/C16H14Cl2N2O5/c17-11-2-1-3-12(18)14(11)24-8-10-6-13(19-25-10)15(21)20-5-4-9(7-20)16(22)23/h1-3,6,9H,4-5,7-8H2,(H,22,23)/t9-/m1/s1. The van der Waals surface area contributed by atoms with Crippen LogP contribution in [0.25, 0.3) is 0 Å². The number of aliphatic carboxylic acids is 1. The number of carboxylic acid groups (broad SMARTS) is 1. The average Bonchev–Trinajstić information content (AvgIpc) is 3.23. The SMILES string of the molecule is O=C(O)[C@@H]1CCN(C(=O)c2cc(COc3c(Cl)cccc3Cl)on2)C1. The van der Waals surface area contributed by atoms with Crippen LogP contribution in [0.1, 0.15) is 22.7 Å². The Labute approximate surface area is 153 Å². The van der Waals surface area contributed by atoms with Gasteiger partial charge in [-0.1, -0.05) is 34.4 Å². The maximum absolute atomic E-state index is 12.3. The van der Waals surface area contributed by atoms with E-state index in [0.717, 1.165) is 0 Å². The van der Waals surface area contributed by atoms with Gasteiger partial charge < -0.3 is 19.3 Å². The van der Waals surface area contributed by atoms with E-state index in [0.29, 0.717) is 34.5 Å². The van der Waals surface area contributed by atoms with Crippen LogP contribution in [-0.4, -0.2) is 40.1 Å². The lowest BCUT2D eigenvalue weighted by molar-refractivity contribution is -0.141. The summed E-state index contributed by atoms with van der Waals surface area (Å²) >= 11 is 12.0. The van der Waals surface area contributed by atoms with Crippen LogP contribution >= 0.6 is 23.2 Å². The molecule has 0 radical (unpaired) electrons. The Bertz CT molecular complexity index is 787. The molecule has 0 saturated carbocycles. The molecule has 7 nitrogen and oxygen atoms in total. The van der Waals surface area contributed by atoms with Gasteiger partial charge in [-0.3, -0.25) is 9.59 Å². The zero-order valence-corrected chi connectivity index (χ0v) is 14.5. The van der Waals surface area contributed by atoms with Crippen LogP contribution in [0.5, 0.6) is 5.75 Å². The monoisotopic (exact) mass is 384 g/mol. The highest BCUT2D eigenvalue weighted by Gasteiger charge is 2.32. The van der Waals surface area contributed by atoms with E-state index >= 15 is 0 Å². The molecule has 0 bridgehead atoms. The Morgan fingerprint density at radius 2 is 2.08 bits per heavy atom. The van der Waals surface area contributed by atoms with Crippen molar-refractivity contribution in [2.45, 2.75) is 13.0 Å². The Balaban J connectivity index is 1.63. The third-order valence-electron chi connectivity index (χ3n) is 3.88. The molecule has 1 saturated heterocycles. The number of benzene rings is 1. The van der Waals surface area contributed by atoms with E-state index in [1.807, 2.05) is 0 Å². The minimum absolute atomic E-state index is 0.00147. The molecule has 1 aliphatic rings. The number of hydrogen-bond donors (Lipinski definition) is 1. The topological polar surface area (TPSA) is 92.9 Å². The molecule has 9 heteroatoms. The third kappa shape index (κ3) is 3.88. The number of ether oxygens (including phenoxy) is 1. The molecule has 1 aromatic heterocycles. The molecule has 1 amide bonds. The van der Waals surface area contributed by atoms with Crippen LogP contribution in [0.4, 0.5) is 0 Å². The molecule has 2 aromatic rings. The lowest BCUT2D eigenvalue weighted by atomic mass is 10.1. The first kappa shape index (κ1) is 17.6. The number of halogens is 2. The number of carbonyl (C=O) groups excluding carboxylic acids is 1. The summed E-state index contributed by atoms with van der Waals surface area (Å²) in [7, 11) is 0. The normalized spacial score (nSPS) is 16.9. The molecule has 0 aliphatic carbocycles. The van der Waals surface area contributed by atoms with Crippen molar-refractivity contribution in [3.63, 3.8) is 0 Å². The molecule has 25 heavy (non-hydrogen) atoms. The van der Waals surface area contributed by atoms with Gasteiger partial charge in [0.25, 0.3) is 5.91 Å². The minimum atomic E-state index is -0.902. The van der Waals surface area contributed by atoms with Gasteiger partial charge in [0.05, 0.1) is 16.0 Å². The molecule has 2 heterocycles. The van der Waals surface area contributed by atoms with Gasteiger partial charge in [-0.15, -0.1) is 0 Å². The van der Waals surface area contributed by atoms with Crippen LogP contribution in [-0.2, 0) is 11.4 Å². The third-order valence-corrected chi connectivity index (χ3v) is 4.48. The summed E-state index contributed by atoms with van der Waals surface area (Å²) < 4.78 is 10.6. The zero-order valence-electron chi connectivity index (χ0n) is 12.9. The Hall–Kier alpha value is -2.25. The second kappa shape index (κ2) is 7.33. The summed E-state index contributed by atoms with van der Waals surface area (Å²) in [6, 6.07) is 6.44. The van der Waals surface area contributed by atoms with E-state index in [-0.39, 0.29) is 24.8 Å². The summed E-state index contributed by atoms with van der Waals surface area (Å²) in [6.07, 6.45) is 0.430. The first-order valence-electron chi connectivity index (χ1n) is 7.50. The number of aromatic nitrogens is 1. The molecule has 3 rings (SSSR count). The highest BCUT2D eigenvalue weighted by atomic mass is 35.5. The lowest BCUT2D eigenvalue weighted by Crippen LogP contribution is -2.30. The first-order chi connectivity index (χ1) is 12.0. The van der Waals surface area contributed by atoms with Crippen LogP contribution in [0.2, 0.25) is 10.0 Å². The second-order valence-corrected chi connectivity index (χ2v) is 6.41.